The van der Waals surface area contributed by atoms with E-state index in [1.54, 1.807) is 6.08 Å². The fourth-order valence-electron chi connectivity index (χ4n) is 9.31. The summed E-state index contributed by atoms with van der Waals surface area (Å²) in [4.78, 5) is 25.6. The highest BCUT2D eigenvalue weighted by atomic mass is 31.2. The fraction of sp³-hybridized carbons (Fsp3) is 0.732. The highest BCUT2D eigenvalue weighted by molar-refractivity contribution is 7.45. The van der Waals surface area contributed by atoms with Crippen molar-refractivity contribution in [3.63, 3.8) is 0 Å². The second-order valence-electron chi connectivity index (χ2n) is 23.4. The Morgan fingerprint density at radius 2 is 0.775 bits per heavy atom. The van der Waals surface area contributed by atoms with Crippen LogP contribution in [0.5, 0.6) is 0 Å². The first-order valence-corrected chi connectivity index (χ1v) is 34.7. The average Bonchev–Trinajstić information content (AvgIpc) is 3.42. The number of rotatable bonds is 60. The Labute approximate surface area is 495 Å². The lowest BCUT2D eigenvalue weighted by Crippen LogP contribution is -2.45. The maximum atomic E-state index is 13.0. The normalized spacial score (nSPS) is 14.4. The van der Waals surface area contributed by atoms with E-state index >= 15 is 0 Å². The number of aliphatic hydroxyl groups is 1. The molecule has 0 aliphatic rings. The molecule has 2 N–H and O–H groups in total. The van der Waals surface area contributed by atoms with Gasteiger partial charge in [0.1, 0.15) is 13.2 Å². The highest BCUT2D eigenvalue weighted by Crippen LogP contribution is 2.38. The Kier molecular flexibility index (Phi) is 58.6. The summed E-state index contributed by atoms with van der Waals surface area (Å²) >= 11 is 0. The van der Waals surface area contributed by atoms with Crippen LogP contribution in [-0.4, -0.2) is 68.5 Å². The number of aliphatic hydroxyl groups excluding tert-OH is 1. The van der Waals surface area contributed by atoms with Gasteiger partial charge in [-0.25, -0.2) is 0 Å². The molecule has 3 unspecified atom stereocenters. The number of phosphoric ester groups is 1. The Morgan fingerprint density at radius 3 is 1.16 bits per heavy atom. The maximum absolute atomic E-state index is 13.0. The number of allylic oxidation sites excluding steroid dienone is 17. The number of amides is 1. The number of phosphoric acid groups is 1. The van der Waals surface area contributed by atoms with Gasteiger partial charge in [-0.05, 0) is 96.3 Å². The first-order chi connectivity index (χ1) is 39.0. The molecular formula is C71H127N2O6P. The molecule has 0 aromatic rings. The van der Waals surface area contributed by atoms with E-state index < -0.39 is 26.6 Å². The monoisotopic (exact) mass is 1130 g/mol. The van der Waals surface area contributed by atoms with Gasteiger partial charge in [0, 0.05) is 6.42 Å². The van der Waals surface area contributed by atoms with Crippen molar-refractivity contribution >= 4 is 13.7 Å². The lowest BCUT2D eigenvalue weighted by Gasteiger charge is -2.29. The van der Waals surface area contributed by atoms with Crippen LogP contribution >= 0.6 is 7.82 Å². The highest BCUT2D eigenvalue weighted by Gasteiger charge is 2.23. The quantitative estimate of drug-likeness (QED) is 0.0272. The van der Waals surface area contributed by atoms with E-state index in [-0.39, 0.29) is 12.5 Å². The smallest absolute Gasteiger partial charge is 0.268 e. The molecule has 462 valence electrons. The van der Waals surface area contributed by atoms with Crippen LogP contribution in [0.25, 0.3) is 0 Å². The molecule has 3 atom stereocenters. The average molecular weight is 1140 g/mol. The number of quaternary nitrogens is 1. The van der Waals surface area contributed by atoms with E-state index in [0.29, 0.717) is 17.4 Å². The third-order valence-corrected chi connectivity index (χ3v) is 15.4. The number of nitrogens with zero attached hydrogens (tertiary/aromatic N) is 1. The van der Waals surface area contributed by atoms with Crippen LogP contribution in [0.3, 0.4) is 0 Å². The van der Waals surface area contributed by atoms with E-state index in [4.69, 9.17) is 9.05 Å². The van der Waals surface area contributed by atoms with Gasteiger partial charge in [0.2, 0.25) is 5.91 Å². The van der Waals surface area contributed by atoms with Crippen molar-refractivity contribution in [1.82, 2.24) is 5.32 Å². The second-order valence-corrected chi connectivity index (χ2v) is 24.8. The molecule has 0 spiro atoms. The maximum Gasteiger partial charge on any atom is 0.268 e. The van der Waals surface area contributed by atoms with Crippen LogP contribution < -0.4 is 10.2 Å². The molecule has 0 saturated carbocycles. The van der Waals surface area contributed by atoms with Crippen LogP contribution in [0.1, 0.15) is 284 Å². The van der Waals surface area contributed by atoms with E-state index in [1.807, 2.05) is 27.2 Å². The van der Waals surface area contributed by atoms with Gasteiger partial charge in [0.05, 0.1) is 39.9 Å². The molecule has 0 aliphatic heterocycles. The van der Waals surface area contributed by atoms with Gasteiger partial charge < -0.3 is 28.8 Å². The summed E-state index contributed by atoms with van der Waals surface area (Å²) in [6, 6.07) is -0.922. The Balaban J connectivity index is 4.22. The predicted octanol–water partition coefficient (Wildman–Crippen LogP) is 20.5. The Bertz CT molecular complexity index is 1670. The Morgan fingerprint density at radius 1 is 0.450 bits per heavy atom. The summed E-state index contributed by atoms with van der Waals surface area (Å²) in [7, 11) is 1.22. The standard InChI is InChI=1S/C71H127N2O6P/c1-6-8-10-12-14-16-18-20-22-24-26-28-30-32-34-36-38-40-42-44-46-48-50-52-54-56-58-60-62-64-70(74)69(68-79-80(76,77)78-67-66-73(3,4)5)72-71(75)65-63-61-59-57-55-53-51-49-47-45-43-41-39-37-35-33-31-29-27-25-23-21-19-17-15-13-11-9-7-2/h9,11,15,17,21,23,27,29,33,35,39,41,46,48,54,56,62,64,69-70,74H,6-8,10,12-14,16,18-20,22,24-26,28,30-32,34,36-38,40,42-45,47,49-53,55,57-61,63,65-68H2,1-5H3,(H-,72,75,76,77)/b11-9-,17-15-,23-21-,29-27-,35-33-,41-39-,48-46+,56-54+,64-62+. The minimum Gasteiger partial charge on any atom is -0.756 e. The van der Waals surface area contributed by atoms with Gasteiger partial charge in [-0.3, -0.25) is 9.36 Å². The Hall–Kier alpha value is -2.84. The number of likely N-dealkylation sites (N-methyl/N-ethyl adjacent to an activating group) is 1. The van der Waals surface area contributed by atoms with Gasteiger partial charge in [0.15, 0.2) is 0 Å². The SMILES string of the molecule is CC/C=C\C/C=C\C/C=C\C/C=C\C/C=C\C/C=C\CCCCCCCCCCCCC(=O)NC(COP(=O)([O-])OCC[N+](C)(C)C)C(O)/C=C/CC/C=C/CC/C=C/CCCCCCCCCCCCCCCCCCCCC. The number of carbonyl (C=O) groups is 1. The molecule has 0 aromatic carbocycles. The zero-order valence-corrected chi connectivity index (χ0v) is 53.6. The van der Waals surface area contributed by atoms with Crippen molar-refractivity contribution in [2.75, 3.05) is 40.9 Å². The van der Waals surface area contributed by atoms with Crippen LogP contribution in [0, 0.1) is 0 Å². The van der Waals surface area contributed by atoms with E-state index in [1.165, 1.54) is 173 Å². The number of hydrogen-bond donors (Lipinski definition) is 2. The van der Waals surface area contributed by atoms with Crippen molar-refractivity contribution in [3.05, 3.63) is 109 Å². The summed E-state index contributed by atoms with van der Waals surface area (Å²) < 4.78 is 23.4. The topological polar surface area (TPSA) is 108 Å². The first-order valence-electron chi connectivity index (χ1n) is 33.2. The molecule has 0 radical (unpaired) electrons. The molecule has 0 rings (SSSR count). The van der Waals surface area contributed by atoms with Crippen LogP contribution in [-0.2, 0) is 18.4 Å². The minimum absolute atomic E-state index is 0.0149. The summed E-state index contributed by atoms with van der Waals surface area (Å²) in [5.41, 5.74) is 0. The predicted molar refractivity (Wildman–Crippen MR) is 348 cm³/mol. The van der Waals surface area contributed by atoms with Gasteiger partial charge in [0.25, 0.3) is 7.82 Å². The van der Waals surface area contributed by atoms with Crippen molar-refractivity contribution < 1.29 is 32.9 Å². The van der Waals surface area contributed by atoms with Crippen LogP contribution in [0.2, 0.25) is 0 Å². The van der Waals surface area contributed by atoms with Gasteiger partial charge >= 0.3 is 0 Å². The molecule has 0 aliphatic carbocycles. The van der Waals surface area contributed by atoms with Crippen LogP contribution in [0.4, 0.5) is 0 Å². The largest absolute Gasteiger partial charge is 0.756 e. The minimum atomic E-state index is -4.62. The molecule has 0 fully saturated rings. The first kappa shape index (κ1) is 77.2. The molecule has 0 saturated heterocycles. The van der Waals surface area contributed by atoms with Gasteiger partial charge in [-0.2, -0.15) is 0 Å². The number of unbranched alkanes of at least 4 members (excludes halogenated alkanes) is 31. The van der Waals surface area contributed by atoms with Crippen molar-refractivity contribution in [3.8, 4) is 0 Å². The van der Waals surface area contributed by atoms with E-state index in [0.717, 1.165) is 89.9 Å². The fourth-order valence-corrected chi connectivity index (χ4v) is 10.0. The summed E-state index contributed by atoms with van der Waals surface area (Å²) in [6.45, 7) is 4.52. The molecule has 80 heavy (non-hydrogen) atoms. The molecule has 0 aromatic heterocycles. The van der Waals surface area contributed by atoms with Crippen LogP contribution in [0.15, 0.2) is 109 Å². The summed E-state index contributed by atoms with van der Waals surface area (Å²) in [5.74, 6) is -0.218. The van der Waals surface area contributed by atoms with Crippen molar-refractivity contribution in [2.24, 2.45) is 0 Å². The zero-order chi connectivity index (χ0) is 58.4. The van der Waals surface area contributed by atoms with E-state index in [9.17, 15) is 19.4 Å². The lowest BCUT2D eigenvalue weighted by atomic mass is 10.0. The molecule has 0 heterocycles. The number of nitrogens with one attached hydrogen (secondary N) is 1. The summed E-state index contributed by atoms with van der Waals surface area (Å²) in [6.07, 6.45) is 89.1. The molecule has 8 nitrogen and oxygen atoms in total. The van der Waals surface area contributed by atoms with Gasteiger partial charge in [-0.1, -0.05) is 290 Å². The zero-order valence-electron chi connectivity index (χ0n) is 52.7. The number of hydrogen-bond acceptors (Lipinski definition) is 6. The number of carbonyl (C=O) groups excluding carboxylic acids is 1. The molecule has 0 bridgehead atoms. The third kappa shape index (κ3) is 62.8. The molecule has 1 amide bonds. The van der Waals surface area contributed by atoms with Crippen molar-refractivity contribution in [2.45, 2.75) is 296 Å². The summed E-state index contributed by atoms with van der Waals surface area (Å²) in [5, 5.41) is 13.9. The third-order valence-electron chi connectivity index (χ3n) is 14.4. The lowest BCUT2D eigenvalue weighted by molar-refractivity contribution is -0.870. The second kappa shape index (κ2) is 60.7. The molecular weight excluding hydrogens is 1010 g/mol. The molecule has 9 heteroatoms. The van der Waals surface area contributed by atoms with Crippen molar-refractivity contribution in [1.29, 1.82) is 0 Å². The van der Waals surface area contributed by atoms with Gasteiger partial charge in [-0.15, -0.1) is 0 Å². The van der Waals surface area contributed by atoms with E-state index in [2.05, 4.69) is 116 Å².